The summed E-state index contributed by atoms with van der Waals surface area (Å²) in [5.41, 5.74) is 5.30. The van der Waals surface area contributed by atoms with Crippen LogP contribution in [0.5, 0.6) is 0 Å². The zero-order valence-electron chi connectivity index (χ0n) is 9.55. The first-order valence-electron chi connectivity index (χ1n) is 5.84. The molecule has 0 spiro atoms. The summed E-state index contributed by atoms with van der Waals surface area (Å²) < 4.78 is 5.31. The van der Waals surface area contributed by atoms with E-state index in [1.54, 1.807) is 0 Å². The second kappa shape index (κ2) is 6.08. The van der Waals surface area contributed by atoms with Gasteiger partial charge in [-0.15, -0.1) is 0 Å². The molecule has 0 unspecified atom stereocenters. The molecule has 15 heavy (non-hydrogen) atoms. The van der Waals surface area contributed by atoms with Gasteiger partial charge >= 0.3 is 0 Å². The molecule has 1 aliphatic carbocycles. The van der Waals surface area contributed by atoms with Crippen molar-refractivity contribution in [3.63, 3.8) is 0 Å². The van der Waals surface area contributed by atoms with Crippen LogP contribution >= 0.6 is 0 Å². The van der Waals surface area contributed by atoms with Gasteiger partial charge < -0.3 is 15.8 Å². The number of rotatable bonds is 7. The maximum absolute atomic E-state index is 11.6. The Morgan fingerprint density at radius 3 is 2.73 bits per heavy atom. The zero-order chi connectivity index (χ0) is 11.1. The van der Waals surface area contributed by atoms with Crippen molar-refractivity contribution < 1.29 is 9.53 Å². The van der Waals surface area contributed by atoms with Crippen LogP contribution < -0.4 is 11.1 Å². The SMILES string of the molecule is CCCOCCCNC(=O)C1(N)CCC1. The van der Waals surface area contributed by atoms with Gasteiger partial charge in [0.15, 0.2) is 0 Å². The number of hydrogen-bond donors (Lipinski definition) is 2. The normalized spacial score (nSPS) is 18.3. The average molecular weight is 214 g/mol. The molecule has 0 atom stereocenters. The van der Waals surface area contributed by atoms with Crippen LogP contribution in [0.15, 0.2) is 0 Å². The number of carbonyl (C=O) groups is 1. The highest BCUT2D eigenvalue weighted by Gasteiger charge is 2.39. The first-order valence-corrected chi connectivity index (χ1v) is 5.84. The molecular weight excluding hydrogens is 192 g/mol. The third kappa shape index (κ3) is 3.80. The van der Waals surface area contributed by atoms with Crippen molar-refractivity contribution in [2.24, 2.45) is 5.73 Å². The number of nitrogens with two attached hydrogens (primary N) is 1. The fraction of sp³-hybridized carbons (Fsp3) is 0.909. The van der Waals surface area contributed by atoms with Gasteiger partial charge in [0, 0.05) is 19.8 Å². The molecule has 0 radical (unpaired) electrons. The van der Waals surface area contributed by atoms with Gasteiger partial charge in [0.25, 0.3) is 0 Å². The first kappa shape index (κ1) is 12.5. The van der Waals surface area contributed by atoms with E-state index in [-0.39, 0.29) is 5.91 Å². The third-order valence-corrected chi connectivity index (χ3v) is 2.80. The molecule has 0 aliphatic heterocycles. The molecule has 0 heterocycles. The Labute approximate surface area is 91.5 Å². The summed E-state index contributed by atoms with van der Waals surface area (Å²) in [5, 5.41) is 2.86. The molecule has 1 amide bonds. The average Bonchev–Trinajstić information content (AvgIpc) is 2.19. The van der Waals surface area contributed by atoms with E-state index in [0.717, 1.165) is 38.7 Å². The Morgan fingerprint density at radius 1 is 1.47 bits per heavy atom. The highest BCUT2D eigenvalue weighted by Crippen LogP contribution is 2.28. The lowest BCUT2D eigenvalue weighted by atomic mass is 9.77. The van der Waals surface area contributed by atoms with Gasteiger partial charge in [0.05, 0.1) is 5.54 Å². The molecule has 88 valence electrons. The number of carbonyl (C=O) groups excluding carboxylic acids is 1. The predicted octanol–water partition coefficient (Wildman–Crippen LogP) is 0.801. The number of ether oxygens (including phenoxy) is 1. The summed E-state index contributed by atoms with van der Waals surface area (Å²) in [7, 11) is 0. The number of hydrogen-bond acceptors (Lipinski definition) is 3. The third-order valence-electron chi connectivity index (χ3n) is 2.80. The van der Waals surface area contributed by atoms with Crippen molar-refractivity contribution in [2.75, 3.05) is 19.8 Å². The predicted molar refractivity (Wildman–Crippen MR) is 59.5 cm³/mol. The maximum atomic E-state index is 11.6. The van der Waals surface area contributed by atoms with E-state index in [1.807, 2.05) is 0 Å². The summed E-state index contributed by atoms with van der Waals surface area (Å²) in [4.78, 5) is 11.6. The van der Waals surface area contributed by atoms with Crippen LogP contribution in [0.2, 0.25) is 0 Å². The van der Waals surface area contributed by atoms with E-state index < -0.39 is 5.54 Å². The molecule has 1 fully saturated rings. The Hall–Kier alpha value is -0.610. The van der Waals surface area contributed by atoms with Crippen molar-refractivity contribution in [3.05, 3.63) is 0 Å². The molecule has 3 N–H and O–H groups in total. The molecule has 0 bridgehead atoms. The van der Waals surface area contributed by atoms with Crippen molar-refractivity contribution in [2.45, 2.75) is 44.6 Å². The Balaban J connectivity index is 1.97. The molecule has 0 aromatic rings. The van der Waals surface area contributed by atoms with E-state index in [2.05, 4.69) is 12.2 Å². The second-order valence-corrected chi connectivity index (χ2v) is 4.23. The molecular formula is C11H22N2O2. The summed E-state index contributed by atoms with van der Waals surface area (Å²) >= 11 is 0. The minimum atomic E-state index is -0.565. The van der Waals surface area contributed by atoms with Gasteiger partial charge in [-0.05, 0) is 32.1 Å². The Morgan fingerprint density at radius 2 is 2.20 bits per heavy atom. The summed E-state index contributed by atoms with van der Waals surface area (Å²) in [5.74, 6) is 0.00393. The van der Waals surface area contributed by atoms with Crippen LogP contribution in [0.1, 0.15) is 39.0 Å². The Bertz CT molecular complexity index is 203. The summed E-state index contributed by atoms with van der Waals surface area (Å²) in [6.45, 7) is 4.26. The standard InChI is InChI=1S/C11H22N2O2/c1-2-8-15-9-4-7-13-10(14)11(12)5-3-6-11/h2-9,12H2,1H3,(H,13,14). The van der Waals surface area contributed by atoms with Crippen LogP contribution in [-0.4, -0.2) is 31.2 Å². The van der Waals surface area contributed by atoms with E-state index in [9.17, 15) is 4.79 Å². The topological polar surface area (TPSA) is 64.3 Å². The zero-order valence-corrected chi connectivity index (χ0v) is 9.55. The highest BCUT2D eigenvalue weighted by atomic mass is 16.5. The van der Waals surface area contributed by atoms with E-state index in [1.165, 1.54) is 0 Å². The van der Waals surface area contributed by atoms with E-state index in [0.29, 0.717) is 13.2 Å². The molecule has 0 aromatic carbocycles. The van der Waals surface area contributed by atoms with Gasteiger partial charge in [0.2, 0.25) is 5.91 Å². The molecule has 0 aromatic heterocycles. The van der Waals surface area contributed by atoms with Crippen LogP contribution in [0, 0.1) is 0 Å². The van der Waals surface area contributed by atoms with Gasteiger partial charge in [-0.25, -0.2) is 0 Å². The first-order chi connectivity index (χ1) is 7.19. The molecule has 1 saturated carbocycles. The lowest BCUT2D eigenvalue weighted by Crippen LogP contribution is -2.58. The van der Waals surface area contributed by atoms with Crippen LogP contribution in [-0.2, 0) is 9.53 Å². The lowest BCUT2D eigenvalue weighted by Gasteiger charge is -2.36. The van der Waals surface area contributed by atoms with Gasteiger partial charge in [-0.1, -0.05) is 6.92 Å². The molecule has 0 saturated heterocycles. The number of amides is 1. The fourth-order valence-corrected chi connectivity index (χ4v) is 1.58. The molecule has 4 nitrogen and oxygen atoms in total. The summed E-state index contributed by atoms with van der Waals surface area (Å²) in [6, 6.07) is 0. The van der Waals surface area contributed by atoms with E-state index >= 15 is 0 Å². The lowest BCUT2D eigenvalue weighted by molar-refractivity contribution is -0.129. The van der Waals surface area contributed by atoms with Gasteiger partial charge in [-0.2, -0.15) is 0 Å². The monoisotopic (exact) mass is 214 g/mol. The smallest absolute Gasteiger partial charge is 0.240 e. The molecule has 1 aliphatic rings. The highest BCUT2D eigenvalue weighted by molar-refractivity contribution is 5.86. The van der Waals surface area contributed by atoms with Gasteiger partial charge in [-0.3, -0.25) is 4.79 Å². The largest absolute Gasteiger partial charge is 0.381 e. The molecule has 1 rings (SSSR count). The van der Waals surface area contributed by atoms with E-state index in [4.69, 9.17) is 10.5 Å². The van der Waals surface area contributed by atoms with Crippen molar-refractivity contribution in [1.82, 2.24) is 5.32 Å². The van der Waals surface area contributed by atoms with Crippen LogP contribution in [0.4, 0.5) is 0 Å². The van der Waals surface area contributed by atoms with Crippen LogP contribution in [0.25, 0.3) is 0 Å². The quantitative estimate of drug-likeness (QED) is 0.616. The van der Waals surface area contributed by atoms with Crippen molar-refractivity contribution in [1.29, 1.82) is 0 Å². The minimum Gasteiger partial charge on any atom is -0.381 e. The fourth-order valence-electron chi connectivity index (χ4n) is 1.58. The Kier molecular flexibility index (Phi) is 5.05. The van der Waals surface area contributed by atoms with Crippen LogP contribution in [0.3, 0.4) is 0 Å². The minimum absolute atomic E-state index is 0.00393. The van der Waals surface area contributed by atoms with Crippen molar-refractivity contribution >= 4 is 5.91 Å². The number of nitrogens with one attached hydrogen (secondary N) is 1. The molecule has 4 heteroatoms. The van der Waals surface area contributed by atoms with Crippen molar-refractivity contribution in [3.8, 4) is 0 Å². The summed E-state index contributed by atoms with van der Waals surface area (Å²) in [6.07, 6.45) is 4.62. The van der Waals surface area contributed by atoms with Gasteiger partial charge in [0.1, 0.15) is 0 Å². The second-order valence-electron chi connectivity index (χ2n) is 4.23. The maximum Gasteiger partial charge on any atom is 0.240 e.